The summed E-state index contributed by atoms with van der Waals surface area (Å²) < 4.78 is 17.0. The summed E-state index contributed by atoms with van der Waals surface area (Å²) in [7, 11) is 0. The van der Waals surface area contributed by atoms with Crippen LogP contribution in [0.1, 0.15) is 32.6 Å². The molecule has 0 aromatic carbocycles. The van der Waals surface area contributed by atoms with E-state index in [1.54, 1.807) is 0 Å². The van der Waals surface area contributed by atoms with E-state index in [9.17, 15) is 5.11 Å². The van der Waals surface area contributed by atoms with Gasteiger partial charge in [-0.25, -0.2) is 0 Å². The van der Waals surface area contributed by atoms with Crippen molar-refractivity contribution in [1.29, 1.82) is 0 Å². The van der Waals surface area contributed by atoms with Gasteiger partial charge in [-0.15, -0.1) is 0 Å². The average molecular weight is 228 g/mol. The quantitative estimate of drug-likeness (QED) is 0.712. The van der Waals surface area contributed by atoms with Crippen LogP contribution in [-0.2, 0) is 14.2 Å². The monoisotopic (exact) mass is 228 g/mol. The Balaban J connectivity index is 1.58. The van der Waals surface area contributed by atoms with Crippen LogP contribution in [0.2, 0.25) is 0 Å². The van der Waals surface area contributed by atoms with Crippen molar-refractivity contribution in [3.05, 3.63) is 0 Å². The van der Waals surface area contributed by atoms with Gasteiger partial charge in [-0.3, -0.25) is 0 Å². The molecule has 3 fully saturated rings. The summed E-state index contributed by atoms with van der Waals surface area (Å²) in [5.41, 5.74) is 0. The maximum absolute atomic E-state index is 10.0. The van der Waals surface area contributed by atoms with Gasteiger partial charge >= 0.3 is 0 Å². The number of rotatable bonds is 2. The summed E-state index contributed by atoms with van der Waals surface area (Å²) >= 11 is 0. The van der Waals surface area contributed by atoms with Gasteiger partial charge in [-0.2, -0.15) is 0 Å². The molecule has 16 heavy (non-hydrogen) atoms. The number of epoxide rings is 1. The van der Waals surface area contributed by atoms with E-state index in [2.05, 4.69) is 6.92 Å². The van der Waals surface area contributed by atoms with Crippen LogP contribution in [-0.4, -0.2) is 48.3 Å². The van der Waals surface area contributed by atoms with E-state index in [-0.39, 0.29) is 18.3 Å². The molecule has 1 N–H and O–H groups in total. The van der Waals surface area contributed by atoms with E-state index in [4.69, 9.17) is 14.2 Å². The smallest absolute Gasteiger partial charge is 0.0865 e. The SMILES string of the molecule is C[C@H]1O[C@@H]1C[C@@H]1O[C@@H]2CCCO[C@H]2C[C@H]1O. The van der Waals surface area contributed by atoms with Crippen LogP contribution < -0.4 is 0 Å². The van der Waals surface area contributed by atoms with Gasteiger partial charge in [0.2, 0.25) is 0 Å². The van der Waals surface area contributed by atoms with Gasteiger partial charge in [-0.05, 0) is 19.8 Å². The minimum atomic E-state index is -0.393. The number of aliphatic hydroxyl groups excluding tert-OH is 1. The van der Waals surface area contributed by atoms with Crippen LogP contribution in [0, 0.1) is 0 Å². The molecule has 0 bridgehead atoms. The van der Waals surface area contributed by atoms with Gasteiger partial charge in [-0.1, -0.05) is 0 Å². The molecule has 0 unspecified atom stereocenters. The molecule has 0 aromatic heterocycles. The molecule has 0 amide bonds. The van der Waals surface area contributed by atoms with Crippen LogP contribution in [0.5, 0.6) is 0 Å². The van der Waals surface area contributed by atoms with Crippen molar-refractivity contribution in [2.45, 2.75) is 69.2 Å². The van der Waals surface area contributed by atoms with Crippen LogP contribution in [0.4, 0.5) is 0 Å². The third-order valence-corrected chi connectivity index (χ3v) is 3.93. The molecule has 3 aliphatic heterocycles. The van der Waals surface area contributed by atoms with Gasteiger partial charge in [0.05, 0.1) is 36.6 Å². The molecule has 4 nitrogen and oxygen atoms in total. The van der Waals surface area contributed by atoms with Crippen molar-refractivity contribution in [3.8, 4) is 0 Å². The highest BCUT2D eigenvalue weighted by molar-refractivity contribution is 4.92. The molecule has 3 saturated heterocycles. The van der Waals surface area contributed by atoms with E-state index >= 15 is 0 Å². The summed E-state index contributed by atoms with van der Waals surface area (Å²) in [5, 5.41) is 10.0. The van der Waals surface area contributed by atoms with Crippen molar-refractivity contribution in [2.24, 2.45) is 0 Å². The average Bonchev–Trinajstić information content (AvgIpc) is 2.95. The fourth-order valence-corrected chi connectivity index (χ4v) is 2.81. The van der Waals surface area contributed by atoms with Crippen molar-refractivity contribution >= 4 is 0 Å². The molecule has 0 aliphatic carbocycles. The molecule has 0 spiro atoms. The number of fused-ring (bicyclic) bond motifs is 1. The molecule has 3 heterocycles. The van der Waals surface area contributed by atoms with E-state index in [1.807, 2.05) is 0 Å². The van der Waals surface area contributed by atoms with E-state index in [0.717, 1.165) is 32.3 Å². The first kappa shape index (κ1) is 11.0. The van der Waals surface area contributed by atoms with E-state index in [1.165, 1.54) is 0 Å². The molecule has 4 heteroatoms. The third kappa shape index (κ3) is 2.12. The predicted octanol–water partition coefficient (Wildman–Crippen LogP) is 0.861. The van der Waals surface area contributed by atoms with Crippen molar-refractivity contribution in [3.63, 3.8) is 0 Å². The number of hydrogen-bond donors (Lipinski definition) is 1. The fourth-order valence-electron chi connectivity index (χ4n) is 2.81. The Morgan fingerprint density at radius 2 is 2.00 bits per heavy atom. The molecule has 0 radical (unpaired) electrons. The molecule has 3 aliphatic rings. The molecule has 92 valence electrons. The second-order valence-electron chi connectivity index (χ2n) is 5.18. The summed E-state index contributed by atoms with van der Waals surface area (Å²) in [6.45, 7) is 2.87. The molecule has 0 saturated carbocycles. The summed E-state index contributed by atoms with van der Waals surface area (Å²) in [4.78, 5) is 0. The first-order valence-corrected chi connectivity index (χ1v) is 6.34. The Labute approximate surface area is 95.9 Å². The minimum Gasteiger partial charge on any atom is -0.390 e. The Morgan fingerprint density at radius 1 is 1.19 bits per heavy atom. The molecule has 3 rings (SSSR count). The molecule has 6 atom stereocenters. The maximum atomic E-state index is 10.0. The normalized spacial score (nSPS) is 52.1. The lowest BCUT2D eigenvalue weighted by molar-refractivity contribution is -0.203. The lowest BCUT2D eigenvalue weighted by Crippen LogP contribution is -2.50. The third-order valence-electron chi connectivity index (χ3n) is 3.93. The summed E-state index contributed by atoms with van der Waals surface area (Å²) in [6, 6.07) is 0. The second kappa shape index (κ2) is 4.26. The van der Waals surface area contributed by atoms with Gasteiger partial charge in [0.1, 0.15) is 0 Å². The second-order valence-corrected chi connectivity index (χ2v) is 5.18. The minimum absolute atomic E-state index is 0.0575. The highest BCUT2D eigenvalue weighted by Crippen LogP contribution is 2.34. The number of hydrogen-bond acceptors (Lipinski definition) is 4. The van der Waals surface area contributed by atoms with Crippen LogP contribution in [0.15, 0.2) is 0 Å². The lowest BCUT2D eigenvalue weighted by Gasteiger charge is -2.41. The standard InChI is InChI=1S/C12H20O4/c1-7-10(15-7)6-11-8(13)5-12-9(16-11)3-2-4-14-12/h7-13H,2-6H2,1H3/t7-,8-,9-,10-,11+,12+/m1/s1. The van der Waals surface area contributed by atoms with Crippen molar-refractivity contribution in [1.82, 2.24) is 0 Å². The zero-order valence-electron chi connectivity index (χ0n) is 9.67. The van der Waals surface area contributed by atoms with Gasteiger partial charge < -0.3 is 19.3 Å². The summed E-state index contributed by atoms with van der Waals surface area (Å²) in [6.07, 6.45) is 4.16. The highest BCUT2D eigenvalue weighted by Gasteiger charge is 2.44. The zero-order valence-corrected chi connectivity index (χ0v) is 9.67. The van der Waals surface area contributed by atoms with E-state index < -0.39 is 6.10 Å². The Hall–Kier alpha value is -0.160. The molecule has 0 aromatic rings. The fraction of sp³-hybridized carbons (Fsp3) is 1.00. The predicted molar refractivity (Wildman–Crippen MR) is 57.2 cm³/mol. The van der Waals surface area contributed by atoms with Crippen molar-refractivity contribution < 1.29 is 19.3 Å². The first-order valence-electron chi connectivity index (χ1n) is 6.34. The lowest BCUT2D eigenvalue weighted by atomic mass is 9.92. The van der Waals surface area contributed by atoms with Gasteiger partial charge in [0.25, 0.3) is 0 Å². The Kier molecular flexibility index (Phi) is 2.92. The van der Waals surface area contributed by atoms with Crippen molar-refractivity contribution in [2.75, 3.05) is 6.61 Å². The van der Waals surface area contributed by atoms with Crippen LogP contribution >= 0.6 is 0 Å². The largest absolute Gasteiger partial charge is 0.390 e. The zero-order chi connectivity index (χ0) is 11.1. The maximum Gasteiger partial charge on any atom is 0.0865 e. The van der Waals surface area contributed by atoms with Crippen LogP contribution in [0.3, 0.4) is 0 Å². The van der Waals surface area contributed by atoms with Gasteiger partial charge in [0.15, 0.2) is 0 Å². The topological polar surface area (TPSA) is 51.2 Å². The summed E-state index contributed by atoms with van der Waals surface area (Å²) in [5.74, 6) is 0. The van der Waals surface area contributed by atoms with E-state index in [0.29, 0.717) is 12.2 Å². The number of ether oxygens (including phenoxy) is 3. The Morgan fingerprint density at radius 3 is 2.75 bits per heavy atom. The molecular formula is C12H20O4. The highest BCUT2D eigenvalue weighted by atomic mass is 16.6. The van der Waals surface area contributed by atoms with Crippen LogP contribution in [0.25, 0.3) is 0 Å². The molecular weight excluding hydrogens is 208 g/mol. The Bertz CT molecular complexity index is 257. The number of aliphatic hydroxyl groups is 1. The first-order chi connectivity index (χ1) is 7.74. The van der Waals surface area contributed by atoms with Gasteiger partial charge in [0, 0.05) is 19.4 Å².